The average molecular weight is 785 g/mol. The molecule has 0 aromatic rings. The fourth-order valence-electron chi connectivity index (χ4n) is 5.46. The normalized spacial score (nSPS) is 14.4. The van der Waals surface area contributed by atoms with E-state index in [0.717, 1.165) is 44.9 Å². The number of aliphatic hydroxyl groups excluding tert-OH is 2. The van der Waals surface area contributed by atoms with Gasteiger partial charge in [0.05, 0.1) is 19.8 Å². The lowest BCUT2D eigenvalue weighted by Crippen LogP contribution is -2.29. The number of hydrogen-bond donors (Lipinski definition) is 3. The maximum atomic E-state index is 12.6. The minimum atomic E-state index is -4.63. The van der Waals surface area contributed by atoms with E-state index < -0.39 is 51.8 Å². The second-order valence-corrected chi connectivity index (χ2v) is 15.5. The number of carbonyl (C=O) groups is 2. The molecule has 0 aliphatic carbocycles. The van der Waals surface area contributed by atoms with Gasteiger partial charge in [0.1, 0.15) is 12.7 Å². The molecule has 0 radical (unpaired) electrons. The van der Waals surface area contributed by atoms with Crippen LogP contribution in [0.2, 0.25) is 0 Å². The van der Waals surface area contributed by atoms with Gasteiger partial charge in [0.25, 0.3) is 0 Å². The number of aliphatic hydroxyl groups is 2. The van der Waals surface area contributed by atoms with Gasteiger partial charge in [0, 0.05) is 12.8 Å². The molecule has 0 aromatic carbocycles. The molecule has 0 heterocycles. The van der Waals surface area contributed by atoms with Crippen molar-refractivity contribution in [3.8, 4) is 0 Å². The third-order valence-corrected chi connectivity index (χ3v) is 9.69. The quantitative estimate of drug-likeness (QED) is 0.0238. The lowest BCUT2D eigenvalue weighted by atomic mass is 10.0. The number of rotatable bonds is 39. The maximum absolute atomic E-state index is 12.6. The van der Waals surface area contributed by atoms with Gasteiger partial charge in [0.15, 0.2) is 6.10 Å². The van der Waals surface area contributed by atoms with Crippen molar-refractivity contribution < 1.29 is 47.8 Å². The summed E-state index contributed by atoms with van der Waals surface area (Å²) in [7, 11) is -4.63. The molecule has 10 nitrogen and oxygen atoms in total. The molecule has 54 heavy (non-hydrogen) atoms. The SMILES string of the molecule is CCCCC/C=C/C/C=C/C/C=C/C/C=C/CCCC(=O)O[C@H](COC(=O)CCCCCCCCCCCCCCCC)COP(=O)(O)OC[C@@H](O)CO. The lowest BCUT2D eigenvalue weighted by Gasteiger charge is -2.20. The molecular weight excluding hydrogens is 707 g/mol. The molecule has 0 rings (SSSR count). The van der Waals surface area contributed by atoms with Crippen LogP contribution in [0.5, 0.6) is 0 Å². The summed E-state index contributed by atoms with van der Waals surface area (Å²) in [6, 6.07) is 0. The number of ether oxygens (including phenoxy) is 2. The van der Waals surface area contributed by atoms with Crippen LogP contribution < -0.4 is 0 Å². The monoisotopic (exact) mass is 785 g/mol. The Kier molecular flexibility index (Phi) is 37.7. The van der Waals surface area contributed by atoms with Gasteiger partial charge in [-0.2, -0.15) is 0 Å². The molecule has 0 fully saturated rings. The van der Waals surface area contributed by atoms with Crippen LogP contribution in [0.4, 0.5) is 0 Å². The number of esters is 2. The molecule has 1 unspecified atom stereocenters. The molecule has 0 saturated carbocycles. The van der Waals surface area contributed by atoms with Crippen molar-refractivity contribution in [2.75, 3.05) is 26.4 Å². The van der Waals surface area contributed by atoms with Gasteiger partial charge < -0.3 is 24.6 Å². The van der Waals surface area contributed by atoms with Crippen LogP contribution in [0, 0.1) is 0 Å². The van der Waals surface area contributed by atoms with Gasteiger partial charge in [-0.25, -0.2) is 4.57 Å². The minimum Gasteiger partial charge on any atom is -0.462 e. The van der Waals surface area contributed by atoms with Crippen LogP contribution in [-0.4, -0.2) is 65.7 Å². The summed E-state index contributed by atoms with van der Waals surface area (Å²) >= 11 is 0. The summed E-state index contributed by atoms with van der Waals surface area (Å²) in [6.45, 7) is 2.29. The smallest absolute Gasteiger partial charge is 0.462 e. The lowest BCUT2D eigenvalue weighted by molar-refractivity contribution is -0.161. The summed E-state index contributed by atoms with van der Waals surface area (Å²) in [5.41, 5.74) is 0. The molecule has 0 amide bonds. The minimum absolute atomic E-state index is 0.109. The van der Waals surface area contributed by atoms with Crippen LogP contribution >= 0.6 is 7.82 Å². The van der Waals surface area contributed by atoms with Crippen LogP contribution in [0.1, 0.15) is 174 Å². The molecule has 0 spiro atoms. The first-order valence-electron chi connectivity index (χ1n) is 21.1. The molecule has 0 aliphatic heterocycles. The predicted molar refractivity (Wildman–Crippen MR) is 219 cm³/mol. The zero-order valence-electron chi connectivity index (χ0n) is 33.9. The van der Waals surface area contributed by atoms with Crippen molar-refractivity contribution in [2.24, 2.45) is 0 Å². The molecule has 0 saturated heterocycles. The second-order valence-electron chi connectivity index (χ2n) is 14.0. The first-order chi connectivity index (χ1) is 26.2. The van der Waals surface area contributed by atoms with Crippen molar-refractivity contribution in [3.63, 3.8) is 0 Å². The third-order valence-electron chi connectivity index (χ3n) is 8.74. The number of phosphoric ester groups is 1. The summed E-state index contributed by atoms with van der Waals surface area (Å²) in [5.74, 6) is -0.989. The van der Waals surface area contributed by atoms with Gasteiger partial charge in [-0.1, -0.05) is 159 Å². The van der Waals surface area contributed by atoms with Gasteiger partial charge in [-0.05, 0) is 51.4 Å². The van der Waals surface area contributed by atoms with E-state index >= 15 is 0 Å². The Morgan fingerprint density at radius 1 is 0.556 bits per heavy atom. The summed E-state index contributed by atoms with van der Waals surface area (Å²) < 4.78 is 32.6. The van der Waals surface area contributed by atoms with Gasteiger partial charge >= 0.3 is 19.8 Å². The third kappa shape index (κ3) is 38.2. The Morgan fingerprint density at radius 3 is 1.50 bits per heavy atom. The van der Waals surface area contributed by atoms with Crippen molar-refractivity contribution in [1.29, 1.82) is 0 Å². The van der Waals surface area contributed by atoms with Crippen molar-refractivity contribution >= 4 is 19.8 Å². The zero-order chi connectivity index (χ0) is 39.8. The number of phosphoric acid groups is 1. The summed E-state index contributed by atoms with van der Waals surface area (Å²) in [4.78, 5) is 34.9. The number of hydrogen-bond acceptors (Lipinski definition) is 9. The number of allylic oxidation sites excluding steroid dienone is 8. The molecule has 0 aromatic heterocycles. The van der Waals surface area contributed by atoms with Gasteiger partial charge in [0.2, 0.25) is 0 Å². The summed E-state index contributed by atoms with van der Waals surface area (Å²) in [5, 5.41) is 18.3. The van der Waals surface area contributed by atoms with E-state index in [4.69, 9.17) is 19.1 Å². The highest BCUT2D eigenvalue weighted by Gasteiger charge is 2.27. The molecule has 0 aliphatic rings. The molecule has 3 N–H and O–H groups in total. The van der Waals surface area contributed by atoms with E-state index in [-0.39, 0.29) is 19.4 Å². The standard InChI is InChI=1S/C43H77O10P/c1-3-5-7-9-11-13-15-17-19-20-21-23-25-27-29-31-33-35-43(47)53-41(39-52-54(48,49)51-37-40(45)36-44)38-50-42(46)34-32-30-28-26-24-22-18-16-14-12-10-8-6-4-2/h11,13,17,19,21,23,27,29,40-41,44-45H,3-10,12,14-16,18,20,22,24-26,28,30-39H2,1-2H3,(H,48,49)/b13-11+,19-17+,23-21+,29-27+/t40-,41+/m0/s1. The number of carbonyl (C=O) groups excluding carboxylic acids is 2. The van der Waals surface area contributed by atoms with E-state index in [9.17, 15) is 24.2 Å². The van der Waals surface area contributed by atoms with Crippen LogP contribution in [0.25, 0.3) is 0 Å². The molecule has 0 bridgehead atoms. The van der Waals surface area contributed by atoms with E-state index in [1.165, 1.54) is 83.5 Å². The molecule has 3 atom stereocenters. The average Bonchev–Trinajstić information content (AvgIpc) is 3.16. The van der Waals surface area contributed by atoms with E-state index in [1.807, 2.05) is 12.2 Å². The van der Waals surface area contributed by atoms with E-state index in [2.05, 4.69) is 54.8 Å². The highest BCUT2D eigenvalue weighted by Crippen LogP contribution is 2.43. The predicted octanol–water partition coefficient (Wildman–Crippen LogP) is 10.9. The second kappa shape index (κ2) is 39.2. The fourth-order valence-corrected chi connectivity index (χ4v) is 6.25. The largest absolute Gasteiger partial charge is 0.472 e. The van der Waals surface area contributed by atoms with Crippen LogP contribution in [-0.2, 0) is 32.7 Å². The van der Waals surface area contributed by atoms with Gasteiger partial charge in [-0.3, -0.25) is 18.6 Å². The molecule has 11 heteroatoms. The summed E-state index contributed by atoms with van der Waals surface area (Å²) in [6.07, 6.45) is 40.8. The number of unbranched alkanes of at least 4 members (excludes halogenated alkanes) is 17. The Labute approximate surface area is 328 Å². The Morgan fingerprint density at radius 2 is 0.981 bits per heavy atom. The van der Waals surface area contributed by atoms with Crippen LogP contribution in [0.3, 0.4) is 0 Å². The first-order valence-corrected chi connectivity index (χ1v) is 22.6. The van der Waals surface area contributed by atoms with Gasteiger partial charge in [-0.15, -0.1) is 0 Å². The first kappa shape index (κ1) is 51.9. The topological polar surface area (TPSA) is 149 Å². The van der Waals surface area contributed by atoms with E-state index in [0.29, 0.717) is 19.3 Å². The van der Waals surface area contributed by atoms with Crippen LogP contribution in [0.15, 0.2) is 48.6 Å². The van der Waals surface area contributed by atoms with Crippen molar-refractivity contribution in [2.45, 2.75) is 187 Å². The van der Waals surface area contributed by atoms with E-state index in [1.54, 1.807) is 0 Å². The Hall–Kier alpha value is -2.07. The molecule has 314 valence electrons. The maximum Gasteiger partial charge on any atom is 0.472 e. The van der Waals surface area contributed by atoms with Crippen molar-refractivity contribution in [1.82, 2.24) is 0 Å². The highest BCUT2D eigenvalue weighted by atomic mass is 31.2. The zero-order valence-corrected chi connectivity index (χ0v) is 34.8. The van der Waals surface area contributed by atoms with Crippen molar-refractivity contribution in [3.05, 3.63) is 48.6 Å². The Bertz CT molecular complexity index is 1040. The highest BCUT2D eigenvalue weighted by molar-refractivity contribution is 7.47. The molecular formula is C43H77O10P. The Balaban J connectivity index is 4.41. The fraction of sp³-hybridized carbons (Fsp3) is 0.767.